The fraction of sp³-hybridized carbons (Fsp3) is 0.429. The van der Waals surface area contributed by atoms with Crippen LogP contribution in [0.4, 0.5) is 9.18 Å². The van der Waals surface area contributed by atoms with Gasteiger partial charge in [-0.05, 0) is 18.2 Å². The minimum atomic E-state index is -3.83. The lowest BCUT2D eigenvalue weighted by Gasteiger charge is -2.34. The lowest BCUT2D eigenvalue weighted by molar-refractivity contribution is -0.136. The number of carboxylic acid groups (broad SMARTS) is 1. The van der Waals surface area contributed by atoms with Crippen LogP contribution >= 0.6 is 11.6 Å². The van der Waals surface area contributed by atoms with Crippen molar-refractivity contribution in [3.05, 3.63) is 29.0 Å². The molecule has 1 aliphatic rings. The fourth-order valence-electron chi connectivity index (χ4n) is 2.31. The van der Waals surface area contributed by atoms with Crippen molar-refractivity contribution in [2.24, 2.45) is 0 Å². The second-order valence-electron chi connectivity index (χ2n) is 5.34. The van der Waals surface area contributed by atoms with Gasteiger partial charge >= 0.3 is 12.0 Å². The molecular weight excluding hydrogens is 377 g/mol. The Morgan fingerprint density at radius 2 is 1.88 bits per heavy atom. The van der Waals surface area contributed by atoms with Gasteiger partial charge in [0.2, 0.25) is 10.0 Å². The molecule has 1 saturated heterocycles. The summed E-state index contributed by atoms with van der Waals surface area (Å²) in [6.45, 7) is 0.467. The Hall–Kier alpha value is -1.91. The van der Waals surface area contributed by atoms with Crippen LogP contribution < -0.4 is 5.32 Å². The number of nitrogens with one attached hydrogen (secondary N) is 1. The van der Waals surface area contributed by atoms with Gasteiger partial charge in [0.1, 0.15) is 5.82 Å². The smallest absolute Gasteiger partial charge is 0.317 e. The number of piperazine rings is 1. The molecular formula is C14H17ClFN3O5S. The van der Waals surface area contributed by atoms with Crippen LogP contribution in [0.2, 0.25) is 5.02 Å². The minimum absolute atomic E-state index is 0.000752. The van der Waals surface area contributed by atoms with Crippen molar-refractivity contribution in [3.63, 3.8) is 0 Å². The topological polar surface area (TPSA) is 107 Å². The van der Waals surface area contributed by atoms with E-state index < -0.39 is 27.8 Å². The Bertz CT molecular complexity index is 766. The zero-order chi connectivity index (χ0) is 18.6. The van der Waals surface area contributed by atoms with Gasteiger partial charge in [0.15, 0.2) is 0 Å². The zero-order valence-corrected chi connectivity index (χ0v) is 14.7. The number of nitrogens with zero attached hydrogens (tertiary/aromatic N) is 2. The number of amides is 2. The molecule has 0 bridgehead atoms. The number of benzene rings is 1. The Kier molecular flexibility index (Phi) is 6.20. The second-order valence-corrected chi connectivity index (χ2v) is 7.69. The molecule has 2 rings (SSSR count). The Balaban J connectivity index is 1.95. The van der Waals surface area contributed by atoms with Crippen LogP contribution in [0.1, 0.15) is 6.42 Å². The van der Waals surface area contributed by atoms with E-state index in [1.807, 2.05) is 0 Å². The predicted molar refractivity (Wildman–Crippen MR) is 87.4 cm³/mol. The normalized spacial score (nSPS) is 15.8. The van der Waals surface area contributed by atoms with Gasteiger partial charge in [0.05, 0.1) is 16.3 Å². The molecule has 1 fully saturated rings. The van der Waals surface area contributed by atoms with Gasteiger partial charge in [-0.1, -0.05) is 11.6 Å². The van der Waals surface area contributed by atoms with Crippen molar-refractivity contribution in [2.75, 3.05) is 32.7 Å². The molecule has 8 nitrogen and oxygen atoms in total. The van der Waals surface area contributed by atoms with E-state index in [0.29, 0.717) is 0 Å². The number of urea groups is 1. The van der Waals surface area contributed by atoms with E-state index in [1.165, 1.54) is 9.21 Å². The highest BCUT2D eigenvalue weighted by Gasteiger charge is 2.30. The molecule has 2 amide bonds. The maximum atomic E-state index is 13.2. The van der Waals surface area contributed by atoms with Crippen molar-refractivity contribution in [2.45, 2.75) is 11.3 Å². The van der Waals surface area contributed by atoms with Crippen molar-refractivity contribution >= 4 is 33.6 Å². The zero-order valence-electron chi connectivity index (χ0n) is 13.1. The first kappa shape index (κ1) is 19.4. The van der Waals surface area contributed by atoms with Crippen LogP contribution in [0.5, 0.6) is 0 Å². The van der Waals surface area contributed by atoms with E-state index in [2.05, 4.69) is 5.32 Å². The molecule has 1 heterocycles. The van der Waals surface area contributed by atoms with Gasteiger partial charge in [0.25, 0.3) is 0 Å². The molecule has 0 aliphatic carbocycles. The van der Waals surface area contributed by atoms with Gasteiger partial charge in [-0.25, -0.2) is 17.6 Å². The first-order valence-electron chi connectivity index (χ1n) is 7.41. The third-order valence-corrected chi connectivity index (χ3v) is 5.85. The molecule has 0 spiro atoms. The molecule has 0 aromatic heterocycles. The molecule has 1 aromatic carbocycles. The highest BCUT2D eigenvalue weighted by atomic mass is 35.5. The van der Waals surface area contributed by atoms with Gasteiger partial charge in [-0.3, -0.25) is 4.79 Å². The number of hydrogen-bond acceptors (Lipinski definition) is 4. The van der Waals surface area contributed by atoms with E-state index in [4.69, 9.17) is 16.7 Å². The molecule has 0 atom stereocenters. The number of carbonyl (C=O) groups excluding carboxylic acids is 1. The SMILES string of the molecule is O=C(O)CCNC(=O)N1CCN(S(=O)(=O)c2ccc(F)c(Cl)c2)CC1. The summed E-state index contributed by atoms with van der Waals surface area (Å²) in [4.78, 5) is 23.6. The Labute approximate surface area is 149 Å². The molecule has 0 saturated carbocycles. The number of aliphatic carboxylic acids is 1. The van der Waals surface area contributed by atoms with Crippen LogP contribution in [-0.4, -0.2) is 67.5 Å². The monoisotopic (exact) mass is 393 g/mol. The molecule has 0 radical (unpaired) electrons. The number of carbonyl (C=O) groups is 2. The molecule has 2 N–H and O–H groups in total. The number of sulfonamides is 1. The van der Waals surface area contributed by atoms with Gasteiger partial charge in [-0.2, -0.15) is 4.31 Å². The van der Waals surface area contributed by atoms with E-state index in [9.17, 15) is 22.4 Å². The summed E-state index contributed by atoms with van der Waals surface area (Å²) < 4.78 is 39.5. The van der Waals surface area contributed by atoms with E-state index in [-0.39, 0.29) is 49.1 Å². The van der Waals surface area contributed by atoms with Crippen molar-refractivity contribution in [3.8, 4) is 0 Å². The van der Waals surface area contributed by atoms with E-state index in [1.54, 1.807) is 0 Å². The van der Waals surface area contributed by atoms with Crippen molar-refractivity contribution < 1.29 is 27.5 Å². The first-order chi connectivity index (χ1) is 11.7. The quantitative estimate of drug-likeness (QED) is 0.775. The third-order valence-electron chi connectivity index (χ3n) is 3.67. The maximum Gasteiger partial charge on any atom is 0.317 e. The summed E-state index contributed by atoms with van der Waals surface area (Å²) in [5.74, 6) is -1.72. The number of halogens is 2. The lowest BCUT2D eigenvalue weighted by Crippen LogP contribution is -2.53. The van der Waals surface area contributed by atoms with Crippen molar-refractivity contribution in [1.29, 1.82) is 0 Å². The summed E-state index contributed by atoms with van der Waals surface area (Å²) in [6.07, 6.45) is -0.189. The number of carboxylic acids is 1. The van der Waals surface area contributed by atoms with Gasteiger partial charge in [0, 0.05) is 32.7 Å². The summed E-state index contributed by atoms with van der Waals surface area (Å²) in [5.41, 5.74) is 0. The second kappa shape index (κ2) is 7.98. The van der Waals surface area contributed by atoms with Crippen LogP contribution in [0.15, 0.2) is 23.1 Å². The van der Waals surface area contributed by atoms with Crippen molar-refractivity contribution in [1.82, 2.24) is 14.5 Å². The Morgan fingerprint density at radius 3 is 2.44 bits per heavy atom. The number of hydrogen-bond donors (Lipinski definition) is 2. The predicted octanol–water partition coefficient (Wildman–Crippen LogP) is 0.970. The van der Waals surface area contributed by atoms with Crippen LogP contribution in [-0.2, 0) is 14.8 Å². The summed E-state index contributed by atoms with van der Waals surface area (Å²) >= 11 is 5.63. The molecule has 25 heavy (non-hydrogen) atoms. The first-order valence-corrected chi connectivity index (χ1v) is 9.23. The molecule has 11 heteroatoms. The van der Waals surface area contributed by atoms with Crippen LogP contribution in [0.25, 0.3) is 0 Å². The highest BCUT2D eigenvalue weighted by molar-refractivity contribution is 7.89. The van der Waals surface area contributed by atoms with E-state index in [0.717, 1.165) is 18.2 Å². The van der Waals surface area contributed by atoms with Crippen LogP contribution in [0, 0.1) is 5.82 Å². The third kappa shape index (κ3) is 4.80. The number of rotatable bonds is 5. The highest BCUT2D eigenvalue weighted by Crippen LogP contribution is 2.23. The average Bonchev–Trinajstić information content (AvgIpc) is 2.57. The molecule has 1 aromatic rings. The van der Waals surface area contributed by atoms with Crippen LogP contribution in [0.3, 0.4) is 0 Å². The van der Waals surface area contributed by atoms with Gasteiger partial charge in [-0.15, -0.1) is 0 Å². The van der Waals surface area contributed by atoms with Gasteiger partial charge < -0.3 is 15.3 Å². The fourth-order valence-corrected chi connectivity index (χ4v) is 4.00. The molecule has 1 aliphatic heterocycles. The molecule has 0 unspecified atom stereocenters. The summed E-state index contributed by atoms with van der Waals surface area (Å²) in [6, 6.07) is 2.74. The maximum absolute atomic E-state index is 13.2. The van der Waals surface area contributed by atoms with E-state index >= 15 is 0 Å². The Morgan fingerprint density at radius 1 is 1.24 bits per heavy atom. The summed E-state index contributed by atoms with van der Waals surface area (Å²) in [5, 5.41) is 10.7. The largest absolute Gasteiger partial charge is 0.481 e. The lowest BCUT2D eigenvalue weighted by atomic mass is 10.3. The average molecular weight is 394 g/mol. The summed E-state index contributed by atoms with van der Waals surface area (Å²) in [7, 11) is -3.83. The standard InChI is InChI=1S/C14H17ClFN3O5S/c15-11-9-10(1-2-12(11)16)25(23,24)19-7-5-18(6-8-19)14(22)17-4-3-13(20)21/h1-2,9H,3-8H2,(H,17,22)(H,20,21). The molecule has 138 valence electrons. The minimum Gasteiger partial charge on any atom is -0.481 e.